The number of thioether (sulfide) groups is 4. The third kappa shape index (κ3) is 8.15. The smallest absolute Gasteiger partial charge is 0.303 e. The van der Waals surface area contributed by atoms with Crippen molar-refractivity contribution in [3.05, 3.63) is 12.2 Å². The molecule has 0 aromatic heterocycles. The van der Waals surface area contributed by atoms with E-state index in [9.17, 15) is 9.36 Å². The second-order valence-corrected chi connectivity index (χ2v) is 10.7. The van der Waals surface area contributed by atoms with Crippen LogP contribution in [-0.4, -0.2) is 60.8 Å². The second kappa shape index (κ2) is 10.0. The summed E-state index contributed by atoms with van der Waals surface area (Å²) < 4.78 is 15.4. The number of phosphoric ester groups is 1. The molecule has 0 aromatic rings. The van der Waals surface area contributed by atoms with E-state index < -0.39 is 7.82 Å². The van der Waals surface area contributed by atoms with Crippen LogP contribution in [0.15, 0.2) is 12.2 Å². The molecule has 0 radical (unpaired) electrons. The Morgan fingerprint density at radius 2 is 2.14 bits per heavy atom. The summed E-state index contributed by atoms with van der Waals surface area (Å²) in [6, 6.07) is 0. The normalized spacial score (nSPS) is 24.0. The Morgan fingerprint density at radius 1 is 1.45 bits per heavy atom. The second-order valence-electron chi connectivity index (χ2n) is 4.77. The molecule has 22 heavy (non-hydrogen) atoms. The van der Waals surface area contributed by atoms with E-state index in [1.54, 1.807) is 30.4 Å². The lowest BCUT2D eigenvalue weighted by atomic mass is 10.3. The third-order valence-corrected chi connectivity index (χ3v) is 9.28. The van der Waals surface area contributed by atoms with Gasteiger partial charge in [-0.05, 0) is 18.8 Å². The summed E-state index contributed by atoms with van der Waals surface area (Å²) in [5, 5.41) is 0.810. The first-order valence-electron chi connectivity index (χ1n) is 6.51. The molecule has 0 aliphatic carbocycles. The average molecular weight is 405 g/mol. The summed E-state index contributed by atoms with van der Waals surface area (Å²) in [6.07, 6.45) is 1.92. The molecule has 2 N–H and O–H groups in total. The van der Waals surface area contributed by atoms with Gasteiger partial charge in [-0.1, -0.05) is 18.3 Å². The van der Waals surface area contributed by atoms with Crippen molar-refractivity contribution in [3.63, 3.8) is 0 Å². The number of hydrogen-bond acceptors (Lipinski definition) is 7. The van der Waals surface area contributed by atoms with Crippen molar-refractivity contribution in [2.45, 2.75) is 22.7 Å². The maximum Gasteiger partial charge on any atom is 0.469 e. The van der Waals surface area contributed by atoms with Gasteiger partial charge in [0.1, 0.15) is 0 Å². The lowest BCUT2D eigenvalue weighted by Crippen LogP contribution is -2.33. The van der Waals surface area contributed by atoms with Crippen LogP contribution in [0.3, 0.4) is 0 Å². The molecule has 1 fully saturated rings. The minimum absolute atomic E-state index is 0.0461. The van der Waals surface area contributed by atoms with Crippen LogP contribution in [0.4, 0.5) is 0 Å². The van der Waals surface area contributed by atoms with Gasteiger partial charge in [0, 0.05) is 33.0 Å². The van der Waals surface area contributed by atoms with Crippen molar-refractivity contribution in [3.8, 4) is 0 Å². The highest BCUT2D eigenvalue weighted by molar-refractivity contribution is 8.15. The van der Waals surface area contributed by atoms with Crippen molar-refractivity contribution in [1.29, 1.82) is 0 Å². The third-order valence-electron chi connectivity index (χ3n) is 2.87. The van der Waals surface area contributed by atoms with E-state index in [1.807, 2.05) is 18.0 Å². The van der Waals surface area contributed by atoms with Crippen molar-refractivity contribution >= 4 is 60.0 Å². The molecule has 0 aromatic carbocycles. The van der Waals surface area contributed by atoms with Gasteiger partial charge in [0.05, 0.1) is 6.61 Å². The summed E-state index contributed by atoms with van der Waals surface area (Å²) in [5.41, 5.74) is 0.577. The van der Waals surface area contributed by atoms with E-state index >= 15 is 0 Å². The Morgan fingerprint density at radius 3 is 2.59 bits per heavy atom. The van der Waals surface area contributed by atoms with Gasteiger partial charge >= 0.3 is 7.82 Å². The van der Waals surface area contributed by atoms with E-state index in [0.29, 0.717) is 16.1 Å². The zero-order chi connectivity index (χ0) is 16.8. The standard InChI is InChI=1S/C12H21O5PS4/c1-8(2)12(13)22-6-9-5-21-11(7-20-9)10(19-3)4-17-18(14,15)16/h9-11H,1,4-7H2,2-3H3,(H2,14,15,16). The summed E-state index contributed by atoms with van der Waals surface area (Å²) in [7, 11) is -4.41. The molecule has 1 saturated heterocycles. The van der Waals surface area contributed by atoms with E-state index in [4.69, 9.17) is 9.79 Å². The summed E-state index contributed by atoms with van der Waals surface area (Å²) in [5.74, 6) is 2.60. The van der Waals surface area contributed by atoms with E-state index in [0.717, 1.165) is 17.3 Å². The lowest BCUT2D eigenvalue weighted by Gasteiger charge is -2.32. The van der Waals surface area contributed by atoms with Gasteiger partial charge in [0.2, 0.25) is 5.12 Å². The first-order valence-corrected chi connectivity index (χ1v) is 12.4. The average Bonchev–Trinajstić information content (AvgIpc) is 2.45. The van der Waals surface area contributed by atoms with Crippen LogP contribution in [-0.2, 0) is 13.9 Å². The van der Waals surface area contributed by atoms with Crippen LogP contribution in [0, 0.1) is 0 Å². The maximum atomic E-state index is 11.5. The molecule has 1 aliphatic rings. The van der Waals surface area contributed by atoms with Crippen molar-refractivity contribution in [2.24, 2.45) is 0 Å². The minimum Gasteiger partial charge on any atom is -0.303 e. The summed E-state index contributed by atoms with van der Waals surface area (Å²) in [6.45, 7) is 5.42. The maximum absolute atomic E-state index is 11.5. The fraction of sp³-hybridized carbons (Fsp3) is 0.750. The van der Waals surface area contributed by atoms with Gasteiger partial charge in [-0.25, -0.2) is 4.57 Å². The Kier molecular flexibility index (Phi) is 9.56. The Labute approximate surface area is 148 Å². The van der Waals surface area contributed by atoms with Gasteiger partial charge in [-0.2, -0.15) is 35.3 Å². The molecule has 0 bridgehead atoms. The molecule has 0 saturated carbocycles. The van der Waals surface area contributed by atoms with Gasteiger partial charge in [0.25, 0.3) is 0 Å². The molecule has 10 heteroatoms. The molecule has 0 amide bonds. The topological polar surface area (TPSA) is 83.8 Å². The number of carbonyl (C=O) groups is 1. The molecule has 1 heterocycles. The first kappa shape index (κ1) is 21.0. The lowest BCUT2D eigenvalue weighted by molar-refractivity contribution is -0.107. The van der Waals surface area contributed by atoms with E-state index in [2.05, 4.69) is 11.1 Å². The van der Waals surface area contributed by atoms with Gasteiger partial charge < -0.3 is 9.79 Å². The summed E-state index contributed by atoms with van der Waals surface area (Å²) >= 11 is 6.49. The van der Waals surface area contributed by atoms with Crippen molar-refractivity contribution < 1.29 is 23.7 Å². The monoisotopic (exact) mass is 404 g/mol. The van der Waals surface area contributed by atoms with Gasteiger partial charge in [0.15, 0.2) is 0 Å². The predicted octanol–water partition coefficient (Wildman–Crippen LogP) is 2.88. The number of phosphoric acid groups is 1. The van der Waals surface area contributed by atoms with Crippen LogP contribution in [0.2, 0.25) is 0 Å². The fourth-order valence-electron chi connectivity index (χ4n) is 1.66. The zero-order valence-electron chi connectivity index (χ0n) is 12.5. The highest BCUT2D eigenvalue weighted by atomic mass is 32.2. The molecular weight excluding hydrogens is 383 g/mol. The van der Waals surface area contributed by atoms with E-state index in [1.165, 1.54) is 11.8 Å². The van der Waals surface area contributed by atoms with Crippen LogP contribution in [0.1, 0.15) is 6.92 Å². The molecule has 3 atom stereocenters. The molecule has 0 spiro atoms. The molecule has 1 aliphatic heterocycles. The molecule has 128 valence electrons. The first-order chi connectivity index (χ1) is 10.2. The van der Waals surface area contributed by atoms with E-state index in [-0.39, 0.29) is 17.0 Å². The highest BCUT2D eigenvalue weighted by Crippen LogP contribution is 2.40. The molecule has 5 nitrogen and oxygen atoms in total. The van der Waals surface area contributed by atoms with Crippen LogP contribution in [0.5, 0.6) is 0 Å². The Bertz CT molecular complexity index is 433. The molecule has 3 unspecified atom stereocenters. The number of carbonyl (C=O) groups excluding carboxylic acids is 1. The Balaban J connectivity index is 2.35. The quantitative estimate of drug-likeness (QED) is 0.468. The largest absolute Gasteiger partial charge is 0.469 e. The molecule has 1 rings (SSSR count). The predicted molar refractivity (Wildman–Crippen MR) is 100 cm³/mol. The van der Waals surface area contributed by atoms with Crippen molar-refractivity contribution in [1.82, 2.24) is 0 Å². The van der Waals surface area contributed by atoms with Gasteiger partial charge in [-0.15, -0.1) is 0 Å². The summed E-state index contributed by atoms with van der Waals surface area (Å²) in [4.78, 5) is 29.1. The van der Waals surface area contributed by atoms with Crippen LogP contribution in [0.25, 0.3) is 0 Å². The van der Waals surface area contributed by atoms with Gasteiger partial charge in [-0.3, -0.25) is 9.32 Å². The minimum atomic E-state index is -4.41. The van der Waals surface area contributed by atoms with Crippen LogP contribution < -0.4 is 0 Å². The Hall–Kier alpha value is 0.920. The number of hydrogen-bond donors (Lipinski definition) is 2. The highest BCUT2D eigenvalue weighted by Gasteiger charge is 2.30. The molecular formula is C12H21O5PS4. The van der Waals surface area contributed by atoms with Crippen LogP contribution >= 0.6 is 54.9 Å². The number of rotatable bonds is 8. The van der Waals surface area contributed by atoms with Crippen molar-refractivity contribution in [2.75, 3.05) is 30.1 Å². The fourth-order valence-corrected chi connectivity index (χ4v) is 7.66. The zero-order valence-corrected chi connectivity index (χ0v) is 16.6. The SMILES string of the molecule is C=C(C)C(=O)SCC1CSC(C(COP(=O)(O)O)SC)CS1.